The summed E-state index contributed by atoms with van der Waals surface area (Å²) in [5.41, 5.74) is 6.39. The van der Waals surface area contributed by atoms with Crippen LogP contribution in [0.25, 0.3) is 11.3 Å². The van der Waals surface area contributed by atoms with Crippen molar-refractivity contribution in [2.24, 2.45) is 0 Å². The first-order chi connectivity index (χ1) is 15.5. The van der Waals surface area contributed by atoms with E-state index in [1.807, 2.05) is 42.6 Å². The molecule has 0 fully saturated rings. The zero-order valence-electron chi connectivity index (χ0n) is 17.1. The molecule has 0 aliphatic heterocycles. The summed E-state index contributed by atoms with van der Waals surface area (Å²) in [5, 5.41) is 6.61. The van der Waals surface area contributed by atoms with Crippen molar-refractivity contribution >= 4 is 45.7 Å². The van der Waals surface area contributed by atoms with Gasteiger partial charge >= 0.3 is 6.03 Å². The lowest BCUT2D eigenvalue weighted by Crippen LogP contribution is -2.48. The quantitative estimate of drug-likeness (QED) is 0.357. The molecule has 0 aliphatic carbocycles. The topological polar surface area (TPSA) is 74.3 Å². The molecule has 0 unspecified atom stereocenters. The molecule has 0 radical (unpaired) electrons. The fourth-order valence-electron chi connectivity index (χ4n) is 2.88. The molecule has 0 aliphatic rings. The van der Waals surface area contributed by atoms with Gasteiger partial charge < -0.3 is 5.32 Å². The number of rotatable bonds is 4. The summed E-state index contributed by atoms with van der Waals surface area (Å²) in [5.74, 6) is -0.427. The number of urea groups is 1. The summed E-state index contributed by atoms with van der Waals surface area (Å²) in [6.45, 7) is 2.01. The fourth-order valence-corrected chi connectivity index (χ4v) is 3.79. The van der Waals surface area contributed by atoms with Crippen LogP contribution in [-0.4, -0.2) is 16.9 Å². The molecule has 6 nitrogen and oxygen atoms in total. The van der Waals surface area contributed by atoms with E-state index in [2.05, 4.69) is 15.7 Å². The number of benzene rings is 3. The largest absolute Gasteiger partial charge is 0.347 e. The molecule has 1 heterocycles. The number of hydrogen-bond acceptors (Lipinski definition) is 4. The van der Waals surface area contributed by atoms with Crippen LogP contribution in [0.3, 0.4) is 0 Å². The maximum Gasteiger partial charge on any atom is 0.347 e. The molecular weight excluding hydrogens is 444 g/mol. The van der Waals surface area contributed by atoms with Crippen LogP contribution in [0.5, 0.6) is 0 Å². The molecule has 4 aromatic rings. The number of nitrogens with zero attached hydrogens (tertiary/aromatic N) is 2. The highest BCUT2D eigenvalue weighted by Gasteiger charge is 2.23. The Morgan fingerprint density at radius 3 is 2.31 bits per heavy atom. The number of carbonyl (C=O) groups excluding carboxylic acids is 2. The van der Waals surface area contributed by atoms with Gasteiger partial charge in [0, 0.05) is 27.2 Å². The van der Waals surface area contributed by atoms with Crippen LogP contribution >= 0.6 is 22.9 Å². The monoisotopic (exact) mass is 462 g/mol. The third-order valence-corrected chi connectivity index (χ3v) is 5.66. The van der Waals surface area contributed by atoms with Crippen molar-refractivity contribution in [2.75, 3.05) is 10.3 Å². The minimum atomic E-state index is -0.554. The van der Waals surface area contributed by atoms with Gasteiger partial charge in [0.15, 0.2) is 0 Å². The van der Waals surface area contributed by atoms with Gasteiger partial charge in [-0.3, -0.25) is 10.2 Å². The van der Waals surface area contributed by atoms with E-state index in [0.29, 0.717) is 27.1 Å². The molecule has 0 bridgehead atoms. The second-order valence-corrected chi connectivity index (χ2v) is 8.23. The van der Waals surface area contributed by atoms with E-state index >= 15 is 0 Å². The number of hydrogen-bond donors (Lipinski definition) is 2. The molecule has 2 N–H and O–H groups in total. The van der Waals surface area contributed by atoms with Crippen LogP contribution in [0, 0.1) is 6.92 Å². The lowest BCUT2D eigenvalue weighted by atomic mass is 10.1. The molecule has 3 aromatic carbocycles. The van der Waals surface area contributed by atoms with Crippen molar-refractivity contribution in [1.82, 2.24) is 10.4 Å². The summed E-state index contributed by atoms with van der Waals surface area (Å²) in [4.78, 5) is 30.4. The molecule has 0 saturated carbocycles. The second-order valence-electron chi connectivity index (χ2n) is 6.96. The Kier molecular flexibility index (Phi) is 6.49. The summed E-state index contributed by atoms with van der Waals surface area (Å²) < 4.78 is 0. The van der Waals surface area contributed by atoms with Gasteiger partial charge in [-0.15, -0.1) is 11.3 Å². The van der Waals surface area contributed by atoms with Gasteiger partial charge in [-0.05, 0) is 43.3 Å². The number of aryl methyl sites for hydroxylation is 1. The number of amides is 3. The molecule has 0 atom stereocenters. The number of anilines is 2. The highest BCUT2D eigenvalue weighted by atomic mass is 35.5. The minimum absolute atomic E-state index is 0.330. The molecule has 1 aromatic heterocycles. The van der Waals surface area contributed by atoms with Crippen molar-refractivity contribution in [3.8, 4) is 11.3 Å². The molecule has 160 valence electrons. The average molecular weight is 463 g/mol. The van der Waals surface area contributed by atoms with Crippen molar-refractivity contribution in [2.45, 2.75) is 6.92 Å². The van der Waals surface area contributed by atoms with Crippen molar-refractivity contribution in [3.63, 3.8) is 0 Å². The first-order valence-electron chi connectivity index (χ1n) is 9.75. The van der Waals surface area contributed by atoms with Crippen LogP contribution in [0.15, 0.2) is 84.2 Å². The predicted molar refractivity (Wildman–Crippen MR) is 129 cm³/mol. The molecular formula is C24H19ClN4O2S. The van der Waals surface area contributed by atoms with Gasteiger partial charge in [0.1, 0.15) is 0 Å². The van der Waals surface area contributed by atoms with Gasteiger partial charge in [0.25, 0.3) is 5.91 Å². The Morgan fingerprint density at radius 2 is 1.62 bits per heavy atom. The van der Waals surface area contributed by atoms with Gasteiger partial charge in [0.2, 0.25) is 5.13 Å². The SMILES string of the molecule is Cc1ccc(-c2csc(N(NC(=O)c3ccccc3)C(=O)Nc3ccc(Cl)cc3)n2)cc1. The Labute approximate surface area is 194 Å². The number of hydrazine groups is 1. The Hall–Kier alpha value is -3.68. The fraction of sp³-hybridized carbons (Fsp3) is 0.0417. The Bertz CT molecular complexity index is 1230. The van der Waals surface area contributed by atoms with Crippen molar-refractivity contribution in [1.29, 1.82) is 0 Å². The van der Waals surface area contributed by atoms with Crippen LogP contribution in [0.1, 0.15) is 15.9 Å². The molecule has 8 heteroatoms. The molecule has 0 spiro atoms. The third kappa shape index (κ3) is 5.14. The molecule has 4 rings (SSSR count). The predicted octanol–water partition coefficient (Wildman–Crippen LogP) is 6.16. The molecule has 0 saturated heterocycles. The zero-order valence-corrected chi connectivity index (χ0v) is 18.7. The number of aromatic nitrogens is 1. The highest BCUT2D eigenvalue weighted by Crippen LogP contribution is 2.28. The zero-order chi connectivity index (χ0) is 22.5. The molecule has 3 amide bonds. The lowest BCUT2D eigenvalue weighted by molar-refractivity contribution is 0.0951. The van der Waals surface area contributed by atoms with Crippen LogP contribution < -0.4 is 15.8 Å². The normalized spacial score (nSPS) is 10.4. The summed E-state index contributed by atoms with van der Waals surface area (Å²) in [6, 6.07) is 22.7. The Morgan fingerprint density at radius 1 is 0.938 bits per heavy atom. The Balaban J connectivity index is 1.62. The number of thiazole rings is 1. The van der Waals surface area contributed by atoms with E-state index in [0.717, 1.165) is 16.1 Å². The first kappa shape index (κ1) is 21.5. The van der Waals surface area contributed by atoms with Gasteiger partial charge in [-0.2, -0.15) is 5.01 Å². The van der Waals surface area contributed by atoms with Gasteiger partial charge in [-0.25, -0.2) is 9.78 Å². The summed E-state index contributed by atoms with van der Waals surface area (Å²) in [6.07, 6.45) is 0. The number of nitrogens with one attached hydrogen (secondary N) is 2. The van der Waals surface area contributed by atoms with Crippen LogP contribution in [0.4, 0.5) is 15.6 Å². The highest BCUT2D eigenvalue weighted by molar-refractivity contribution is 7.14. The van der Waals surface area contributed by atoms with E-state index in [1.165, 1.54) is 11.3 Å². The van der Waals surface area contributed by atoms with E-state index in [9.17, 15) is 9.59 Å². The average Bonchev–Trinajstić information content (AvgIpc) is 3.29. The van der Waals surface area contributed by atoms with E-state index < -0.39 is 11.9 Å². The van der Waals surface area contributed by atoms with E-state index in [-0.39, 0.29) is 0 Å². The number of halogens is 1. The third-order valence-electron chi connectivity index (χ3n) is 4.58. The molecule has 32 heavy (non-hydrogen) atoms. The van der Waals surface area contributed by atoms with Crippen LogP contribution in [-0.2, 0) is 0 Å². The minimum Gasteiger partial charge on any atom is -0.306 e. The standard InChI is InChI=1S/C24H19ClN4O2S/c1-16-7-9-17(10-8-16)21-15-32-24(27-21)29(28-22(30)18-5-3-2-4-6-18)23(31)26-20-13-11-19(25)12-14-20/h2-15H,1H3,(H,26,31)(H,28,30). The van der Waals surface area contributed by atoms with Crippen LogP contribution in [0.2, 0.25) is 5.02 Å². The number of carbonyl (C=O) groups is 2. The van der Waals surface area contributed by atoms with E-state index in [4.69, 9.17) is 11.6 Å². The summed E-state index contributed by atoms with van der Waals surface area (Å²) in [7, 11) is 0. The van der Waals surface area contributed by atoms with Gasteiger partial charge in [-0.1, -0.05) is 59.6 Å². The van der Waals surface area contributed by atoms with E-state index in [1.54, 1.807) is 48.5 Å². The maximum atomic E-state index is 13.1. The lowest BCUT2D eigenvalue weighted by Gasteiger charge is -2.21. The van der Waals surface area contributed by atoms with Crippen molar-refractivity contribution < 1.29 is 9.59 Å². The maximum absolute atomic E-state index is 13.1. The van der Waals surface area contributed by atoms with Gasteiger partial charge in [0.05, 0.1) is 5.69 Å². The smallest absolute Gasteiger partial charge is 0.306 e. The summed E-state index contributed by atoms with van der Waals surface area (Å²) >= 11 is 7.18. The second kappa shape index (κ2) is 9.64. The first-order valence-corrected chi connectivity index (χ1v) is 11.0. The van der Waals surface area contributed by atoms with Crippen molar-refractivity contribution in [3.05, 3.63) is 100 Å².